The number of allylic oxidation sites excluding steroid dienone is 1. The highest BCUT2D eigenvalue weighted by molar-refractivity contribution is 5.98. The number of phenols is 1. The van der Waals surface area contributed by atoms with Gasteiger partial charge in [-0.05, 0) is 75.8 Å². The van der Waals surface area contributed by atoms with E-state index >= 15 is 0 Å². The number of ether oxygens (including phenoxy) is 4. The SMILES string of the molecule is CC(C)(C)OC(=O)CC[C@@H](CO)NC(=O)[C@H]1CCCN1C(=O)C1=C[C@H]2OCO[C@H]2[C@H](OC(=O)c2ccccc2C=CCc2ccccc2O)C1. The van der Waals surface area contributed by atoms with Crippen LogP contribution in [0.25, 0.3) is 6.08 Å². The molecule has 12 nitrogen and oxygen atoms in total. The second kappa shape index (κ2) is 16.5. The number of rotatable bonds is 12. The normalized spacial score (nSPS) is 22.5. The maximum atomic E-state index is 13.9. The van der Waals surface area contributed by atoms with Gasteiger partial charge in [0.25, 0.3) is 0 Å². The van der Waals surface area contributed by atoms with Crippen LogP contribution >= 0.6 is 0 Å². The van der Waals surface area contributed by atoms with Gasteiger partial charge in [-0.3, -0.25) is 14.4 Å². The van der Waals surface area contributed by atoms with E-state index in [0.29, 0.717) is 42.5 Å². The lowest BCUT2D eigenvalue weighted by Gasteiger charge is -2.33. The third-order valence-corrected chi connectivity index (χ3v) is 8.84. The van der Waals surface area contributed by atoms with E-state index in [-0.39, 0.29) is 44.3 Å². The van der Waals surface area contributed by atoms with Gasteiger partial charge in [0, 0.05) is 25.0 Å². The second-order valence-electron chi connectivity index (χ2n) is 13.7. The van der Waals surface area contributed by atoms with E-state index in [2.05, 4.69) is 5.32 Å². The lowest BCUT2D eigenvalue weighted by atomic mass is 9.91. The summed E-state index contributed by atoms with van der Waals surface area (Å²) in [4.78, 5) is 54.5. The van der Waals surface area contributed by atoms with Gasteiger partial charge in [0.05, 0.1) is 18.2 Å². The Labute approximate surface area is 292 Å². The number of aliphatic hydroxyl groups excluding tert-OH is 1. The number of aromatic hydroxyl groups is 1. The van der Waals surface area contributed by atoms with Crippen LogP contribution in [0.5, 0.6) is 5.75 Å². The minimum Gasteiger partial charge on any atom is -0.508 e. The Morgan fingerprint density at radius 3 is 2.60 bits per heavy atom. The van der Waals surface area contributed by atoms with Crippen LogP contribution in [0.15, 0.2) is 66.3 Å². The highest BCUT2D eigenvalue weighted by Crippen LogP contribution is 2.33. The molecule has 2 aromatic carbocycles. The Bertz CT molecular complexity index is 1610. The largest absolute Gasteiger partial charge is 0.508 e. The number of benzene rings is 2. The summed E-state index contributed by atoms with van der Waals surface area (Å²) in [5, 5.41) is 22.8. The molecule has 2 saturated heterocycles. The average molecular weight is 691 g/mol. The van der Waals surface area contributed by atoms with Gasteiger partial charge < -0.3 is 39.4 Å². The number of fused-ring (bicyclic) bond motifs is 1. The molecule has 1 aliphatic carbocycles. The van der Waals surface area contributed by atoms with E-state index in [9.17, 15) is 29.4 Å². The summed E-state index contributed by atoms with van der Waals surface area (Å²) in [6.45, 7) is 5.26. The van der Waals surface area contributed by atoms with Crippen LogP contribution in [0.3, 0.4) is 0 Å². The third kappa shape index (κ3) is 9.38. The van der Waals surface area contributed by atoms with Crippen molar-refractivity contribution in [2.75, 3.05) is 19.9 Å². The number of nitrogens with one attached hydrogen (secondary N) is 1. The van der Waals surface area contributed by atoms with Gasteiger partial charge in [0.15, 0.2) is 0 Å². The molecule has 5 atom stereocenters. The molecule has 50 heavy (non-hydrogen) atoms. The van der Waals surface area contributed by atoms with Crippen molar-refractivity contribution in [2.24, 2.45) is 0 Å². The number of carbonyl (C=O) groups is 4. The summed E-state index contributed by atoms with van der Waals surface area (Å²) in [5.41, 5.74) is 1.43. The summed E-state index contributed by atoms with van der Waals surface area (Å²) >= 11 is 0. The number of hydrogen-bond donors (Lipinski definition) is 3. The molecular formula is C38H46N2O10. The molecule has 2 heterocycles. The Kier molecular flexibility index (Phi) is 12.1. The minimum absolute atomic E-state index is 0.0202. The minimum atomic E-state index is -0.821. The number of hydrogen-bond acceptors (Lipinski definition) is 10. The maximum Gasteiger partial charge on any atom is 0.339 e. The Hall–Kier alpha value is -4.52. The molecule has 2 fully saturated rings. The van der Waals surface area contributed by atoms with Gasteiger partial charge in [0.2, 0.25) is 11.8 Å². The van der Waals surface area contributed by atoms with Crippen molar-refractivity contribution < 1.29 is 48.3 Å². The molecule has 2 aromatic rings. The number of para-hydroxylation sites is 1. The highest BCUT2D eigenvalue weighted by Gasteiger charge is 2.45. The molecule has 0 spiro atoms. The van der Waals surface area contributed by atoms with Crippen molar-refractivity contribution in [3.05, 3.63) is 82.9 Å². The molecule has 0 unspecified atom stereocenters. The predicted molar refractivity (Wildman–Crippen MR) is 183 cm³/mol. The zero-order valence-electron chi connectivity index (χ0n) is 28.7. The smallest absolute Gasteiger partial charge is 0.339 e. The van der Waals surface area contributed by atoms with Crippen molar-refractivity contribution >= 4 is 29.8 Å². The molecule has 2 aliphatic heterocycles. The van der Waals surface area contributed by atoms with Crippen molar-refractivity contribution in [1.29, 1.82) is 0 Å². The molecule has 268 valence electrons. The lowest BCUT2D eigenvalue weighted by molar-refractivity contribution is -0.155. The first-order valence-electron chi connectivity index (χ1n) is 17.0. The van der Waals surface area contributed by atoms with Crippen LogP contribution in [-0.2, 0) is 39.8 Å². The van der Waals surface area contributed by atoms with E-state index in [1.54, 1.807) is 63.3 Å². The molecule has 5 rings (SSSR count). The molecule has 2 amide bonds. The van der Waals surface area contributed by atoms with Crippen molar-refractivity contribution in [3.8, 4) is 5.75 Å². The van der Waals surface area contributed by atoms with Gasteiger partial charge in [-0.15, -0.1) is 0 Å². The van der Waals surface area contributed by atoms with Gasteiger partial charge in [-0.25, -0.2) is 4.79 Å². The summed E-state index contributed by atoms with van der Waals surface area (Å²) in [5.74, 6) is -1.59. The molecule has 3 N–H and O–H groups in total. The molecule has 12 heteroatoms. The first-order valence-corrected chi connectivity index (χ1v) is 17.0. The number of phenolic OH excluding ortho intramolecular Hbond substituents is 1. The fourth-order valence-corrected chi connectivity index (χ4v) is 6.40. The van der Waals surface area contributed by atoms with Gasteiger partial charge in [-0.2, -0.15) is 0 Å². The lowest BCUT2D eigenvalue weighted by Crippen LogP contribution is -2.51. The molecule has 0 radical (unpaired) electrons. The first-order chi connectivity index (χ1) is 23.9. The van der Waals surface area contributed by atoms with E-state index in [1.807, 2.05) is 24.3 Å². The maximum absolute atomic E-state index is 13.9. The molecule has 0 aromatic heterocycles. The average Bonchev–Trinajstić information content (AvgIpc) is 3.77. The van der Waals surface area contributed by atoms with Gasteiger partial charge in [0.1, 0.15) is 42.5 Å². The zero-order chi connectivity index (χ0) is 35.8. The number of carbonyl (C=O) groups excluding carboxylic acids is 4. The van der Waals surface area contributed by atoms with Crippen molar-refractivity contribution in [1.82, 2.24) is 10.2 Å². The summed E-state index contributed by atoms with van der Waals surface area (Å²) in [7, 11) is 0. The summed E-state index contributed by atoms with van der Waals surface area (Å²) in [6, 6.07) is 12.6. The number of aliphatic hydroxyl groups is 1. The molecule has 0 saturated carbocycles. The molecule has 3 aliphatic rings. The topological polar surface area (TPSA) is 161 Å². The van der Waals surface area contributed by atoms with Crippen molar-refractivity contribution in [2.45, 2.75) is 95.3 Å². The summed E-state index contributed by atoms with van der Waals surface area (Å²) < 4.78 is 22.8. The fourth-order valence-electron chi connectivity index (χ4n) is 6.40. The van der Waals surface area contributed by atoms with Crippen LogP contribution in [0.2, 0.25) is 0 Å². The molecule has 0 bridgehead atoms. The van der Waals surface area contributed by atoms with Crippen molar-refractivity contribution in [3.63, 3.8) is 0 Å². The number of amides is 2. The van der Waals surface area contributed by atoms with Gasteiger partial charge in [-0.1, -0.05) is 48.6 Å². The number of nitrogens with zero attached hydrogens (tertiary/aromatic N) is 1. The van der Waals surface area contributed by atoms with E-state index in [4.69, 9.17) is 18.9 Å². The quantitative estimate of drug-likeness (QED) is 0.279. The van der Waals surface area contributed by atoms with Crippen LogP contribution in [-0.4, -0.2) is 94.8 Å². The van der Waals surface area contributed by atoms with E-state index in [1.165, 1.54) is 4.90 Å². The van der Waals surface area contributed by atoms with Crippen LogP contribution in [0.4, 0.5) is 0 Å². The first kappa shape index (κ1) is 36.8. The standard InChI is InChI=1S/C38H46N2O10/c1-38(2,3)50-33(43)18-17-27(22-41)39-35(44)29-15-9-19-40(29)36(45)26-20-31-34(48-23-47-31)32(21-26)49-37(46)28-14-6-4-10-24(28)12-8-13-25-11-5-7-16-30(25)42/h4-8,10-12,14,16,20,27,29,31-32,34,41-42H,9,13,15,17-19,21-23H2,1-3H3,(H,39,44)/t27-,29+,31+,32+,34+/m0/s1. The molecular weight excluding hydrogens is 644 g/mol. The summed E-state index contributed by atoms with van der Waals surface area (Å²) in [6.07, 6.45) is 5.09. The zero-order valence-corrected chi connectivity index (χ0v) is 28.7. The Morgan fingerprint density at radius 1 is 1.08 bits per heavy atom. The Balaban J connectivity index is 1.23. The van der Waals surface area contributed by atoms with Gasteiger partial charge >= 0.3 is 11.9 Å². The van der Waals surface area contributed by atoms with Crippen LogP contribution in [0, 0.1) is 0 Å². The number of esters is 2. The van der Waals surface area contributed by atoms with E-state index < -0.39 is 53.8 Å². The number of likely N-dealkylation sites (tertiary alicyclic amines) is 1. The van der Waals surface area contributed by atoms with Crippen LogP contribution < -0.4 is 5.32 Å². The van der Waals surface area contributed by atoms with E-state index in [0.717, 1.165) is 5.56 Å². The Morgan fingerprint density at radius 2 is 1.84 bits per heavy atom. The highest BCUT2D eigenvalue weighted by atomic mass is 16.7. The fraction of sp³-hybridized carbons (Fsp3) is 0.474. The predicted octanol–water partition coefficient (Wildman–Crippen LogP) is 3.84. The third-order valence-electron chi connectivity index (χ3n) is 8.84. The van der Waals surface area contributed by atoms with Crippen LogP contribution in [0.1, 0.15) is 74.4 Å². The monoisotopic (exact) mass is 690 g/mol. The second-order valence-corrected chi connectivity index (χ2v) is 13.7.